The highest BCUT2D eigenvalue weighted by Crippen LogP contribution is 2.19. The first-order valence-corrected chi connectivity index (χ1v) is 10.9. The second-order valence-corrected chi connectivity index (χ2v) is 8.60. The summed E-state index contributed by atoms with van der Waals surface area (Å²) >= 11 is 0. The highest BCUT2D eigenvalue weighted by molar-refractivity contribution is 7.92. The van der Waals surface area contributed by atoms with Crippen molar-refractivity contribution in [1.82, 2.24) is 5.32 Å². The van der Waals surface area contributed by atoms with Crippen molar-refractivity contribution in [2.24, 2.45) is 0 Å². The Morgan fingerprint density at radius 3 is 2.59 bits per heavy atom. The Hall–Kier alpha value is -1.97. The molecule has 8 nitrogen and oxygen atoms in total. The third-order valence-corrected chi connectivity index (χ3v) is 5.60. The number of carbonyl (C=O) groups is 2. The third-order valence-electron chi connectivity index (χ3n) is 4.46. The fourth-order valence-corrected chi connectivity index (χ4v) is 3.79. The van der Waals surface area contributed by atoms with E-state index in [1.807, 2.05) is 0 Å². The fourth-order valence-electron chi connectivity index (χ4n) is 2.94. The van der Waals surface area contributed by atoms with Crippen LogP contribution in [0.5, 0.6) is 0 Å². The van der Waals surface area contributed by atoms with Crippen molar-refractivity contribution in [2.45, 2.75) is 13.3 Å². The number of Topliss-reactive ketones (excluding diaryl/α,β-unsaturated/α-hetero) is 1. The minimum atomic E-state index is -3.66. The van der Waals surface area contributed by atoms with Crippen molar-refractivity contribution >= 4 is 27.4 Å². The SMILES string of the molecule is CC(=O)c1cccc(N(CC(=O)NCCC[NH+]2CCOCC2)S(C)(=O)=O)c1. The summed E-state index contributed by atoms with van der Waals surface area (Å²) in [5, 5.41) is 2.78. The lowest BCUT2D eigenvalue weighted by molar-refractivity contribution is -0.908. The van der Waals surface area contributed by atoms with Gasteiger partial charge >= 0.3 is 0 Å². The molecule has 0 spiro atoms. The van der Waals surface area contributed by atoms with E-state index in [0.717, 1.165) is 49.8 Å². The average molecular weight is 399 g/mol. The van der Waals surface area contributed by atoms with E-state index in [-0.39, 0.29) is 18.2 Å². The fraction of sp³-hybridized carbons (Fsp3) is 0.556. The van der Waals surface area contributed by atoms with Crippen LogP contribution in [0.25, 0.3) is 0 Å². The van der Waals surface area contributed by atoms with Gasteiger partial charge in [0.05, 0.1) is 31.7 Å². The molecule has 0 bridgehead atoms. The van der Waals surface area contributed by atoms with Crippen LogP contribution in [0.1, 0.15) is 23.7 Å². The lowest BCUT2D eigenvalue weighted by atomic mass is 10.1. The van der Waals surface area contributed by atoms with Crippen LogP contribution in [0.3, 0.4) is 0 Å². The Morgan fingerprint density at radius 1 is 1.26 bits per heavy atom. The van der Waals surface area contributed by atoms with Gasteiger partial charge in [0.15, 0.2) is 5.78 Å². The Labute approximate surface area is 160 Å². The van der Waals surface area contributed by atoms with E-state index in [2.05, 4.69) is 5.32 Å². The highest BCUT2D eigenvalue weighted by Gasteiger charge is 2.21. The number of benzene rings is 1. The molecule has 0 unspecified atom stereocenters. The van der Waals surface area contributed by atoms with E-state index in [4.69, 9.17) is 4.74 Å². The molecule has 27 heavy (non-hydrogen) atoms. The van der Waals surface area contributed by atoms with Crippen molar-refractivity contribution in [1.29, 1.82) is 0 Å². The summed E-state index contributed by atoms with van der Waals surface area (Å²) < 4.78 is 30.6. The van der Waals surface area contributed by atoms with Crippen molar-refractivity contribution in [3.8, 4) is 0 Å². The van der Waals surface area contributed by atoms with E-state index in [0.29, 0.717) is 17.8 Å². The second kappa shape index (κ2) is 9.82. The van der Waals surface area contributed by atoms with Crippen LogP contribution in [0, 0.1) is 0 Å². The van der Waals surface area contributed by atoms with Crippen LogP contribution in [-0.4, -0.2) is 72.3 Å². The largest absolute Gasteiger partial charge is 0.370 e. The van der Waals surface area contributed by atoms with Crippen LogP contribution in [0.15, 0.2) is 24.3 Å². The maximum atomic E-state index is 12.2. The van der Waals surface area contributed by atoms with E-state index >= 15 is 0 Å². The quantitative estimate of drug-likeness (QED) is 0.414. The molecule has 2 rings (SSSR count). The summed E-state index contributed by atoms with van der Waals surface area (Å²) in [6.45, 7) is 6.02. The Balaban J connectivity index is 1.90. The molecular weight excluding hydrogens is 370 g/mol. The van der Waals surface area contributed by atoms with Crippen LogP contribution >= 0.6 is 0 Å². The summed E-state index contributed by atoms with van der Waals surface area (Å²) in [5.41, 5.74) is 0.702. The van der Waals surface area contributed by atoms with Gasteiger partial charge in [-0.25, -0.2) is 8.42 Å². The van der Waals surface area contributed by atoms with E-state index in [1.165, 1.54) is 17.9 Å². The number of sulfonamides is 1. The number of morpholine rings is 1. The molecule has 0 radical (unpaired) electrons. The van der Waals surface area contributed by atoms with Gasteiger partial charge in [0.2, 0.25) is 15.9 Å². The summed E-state index contributed by atoms with van der Waals surface area (Å²) in [4.78, 5) is 25.2. The van der Waals surface area contributed by atoms with Crippen LogP contribution in [0.2, 0.25) is 0 Å². The molecule has 1 aromatic carbocycles. The van der Waals surface area contributed by atoms with E-state index in [1.54, 1.807) is 18.2 Å². The zero-order valence-electron chi connectivity index (χ0n) is 15.9. The molecule has 0 aromatic heterocycles. The first-order chi connectivity index (χ1) is 12.8. The number of ether oxygens (including phenoxy) is 1. The summed E-state index contributed by atoms with van der Waals surface area (Å²) in [7, 11) is -3.66. The van der Waals surface area contributed by atoms with Crippen LogP contribution < -0.4 is 14.5 Å². The lowest BCUT2D eigenvalue weighted by Crippen LogP contribution is -3.14. The van der Waals surface area contributed by atoms with E-state index < -0.39 is 10.0 Å². The number of nitrogens with zero attached hydrogens (tertiary/aromatic N) is 1. The lowest BCUT2D eigenvalue weighted by Gasteiger charge is -2.24. The van der Waals surface area contributed by atoms with Gasteiger partial charge in [0, 0.05) is 18.5 Å². The zero-order chi connectivity index (χ0) is 19.9. The molecule has 1 fully saturated rings. The molecule has 1 aliphatic heterocycles. The van der Waals surface area contributed by atoms with Crippen LogP contribution in [-0.2, 0) is 19.6 Å². The standard InChI is InChI=1S/C18H27N3O5S/c1-15(22)16-5-3-6-17(13-16)21(27(2,24)25)14-18(23)19-7-4-8-20-9-11-26-12-10-20/h3,5-6,13H,4,7-12,14H2,1-2H3,(H,19,23)/p+1. The predicted molar refractivity (Wildman–Crippen MR) is 103 cm³/mol. The van der Waals surface area contributed by atoms with Crippen molar-refractivity contribution < 1.29 is 27.6 Å². The van der Waals surface area contributed by atoms with Crippen molar-refractivity contribution in [3.63, 3.8) is 0 Å². The molecular formula is C18H28N3O5S+. The number of hydrogen-bond donors (Lipinski definition) is 2. The zero-order valence-corrected chi connectivity index (χ0v) is 16.7. The summed E-state index contributed by atoms with van der Waals surface area (Å²) in [6, 6.07) is 6.27. The monoisotopic (exact) mass is 398 g/mol. The summed E-state index contributed by atoms with van der Waals surface area (Å²) in [5.74, 6) is -0.536. The first-order valence-electron chi connectivity index (χ1n) is 9.04. The maximum Gasteiger partial charge on any atom is 0.240 e. The van der Waals surface area contributed by atoms with Gasteiger partial charge in [-0.1, -0.05) is 12.1 Å². The van der Waals surface area contributed by atoms with Gasteiger partial charge in [-0.2, -0.15) is 0 Å². The molecule has 1 amide bonds. The number of ketones is 1. The molecule has 1 saturated heterocycles. The normalized spacial score (nSPS) is 15.3. The van der Waals surface area contributed by atoms with E-state index in [9.17, 15) is 18.0 Å². The van der Waals surface area contributed by atoms with Crippen molar-refractivity contribution in [2.75, 3.05) is 56.5 Å². The average Bonchev–Trinajstić information content (AvgIpc) is 2.63. The molecule has 0 atom stereocenters. The number of hydrogen-bond acceptors (Lipinski definition) is 5. The predicted octanol–water partition coefficient (Wildman–Crippen LogP) is -0.923. The molecule has 2 N–H and O–H groups in total. The highest BCUT2D eigenvalue weighted by atomic mass is 32.2. The molecule has 1 aliphatic rings. The first kappa shape index (κ1) is 21.3. The number of quaternary nitrogens is 1. The third kappa shape index (κ3) is 6.93. The maximum absolute atomic E-state index is 12.2. The number of amides is 1. The molecule has 1 heterocycles. The molecule has 9 heteroatoms. The molecule has 1 aromatic rings. The van der Waals surface area contributed by atoms with Gasteiger partial charge in [-0.05, 0) is 19.1 Å². The smallest absolute Gasteiger partial charge is 0.240 e. The number of rotatable bonds is 9. The number of anilines is 1. The number of carbonyl (C=O) groups excluding carboxylic acids is 2. The minimum Gasteiger partial charge on any atom is -0.370 e. The van der Waals surface area contributed by atoms with Gasteiger partial charge in [-0.3, -0.25) is 13.9 Å². The van der Waals surface area contributed by atoms with Crippen LogP contribution in [0.4, 0.5) is 5.69 Å². The summed E-state index contributed by atoms with van der Waals surface area (Å²) in [6.07, 6.45) is 1.86. The van der Waals surface area contributed by atoms with Gasteiger partial charge in [0.25, 0.3) is 0 Å². The Morgan fingerprint density at radius 2 is 1.96 bits per heavy atom. The molecule has 0 saturated carbocycles. The Bertz CT molecular complexity index is 760. The number of nitrogens with one attached hydrogen (secondary N) is 2. The van der Waals surface area contributed by atoms with Gasteiger partial charge in [0.1, 0.15) is 19.6 Å². The Kier molecular flexibility index (Phi) is 7.76. The second-order valence-electron chi connectivity index (χ2n) is 6.69. The van der Waals surface area contributed by atoms with Gasteiger partial charge < -0.3 is 15.0 Å². The minimum absolute atomic E-state index is 0.166. The molecule has 0 aliphatic carbocycles. The molecule has 150 valence electrons. The van der Waals surface area contributed by atoms with Gasteiger partial charge in [-0.15, -0.1) is 0 Å². The topological polar surface area (TPSA) is 97.2 Å². The van der Waals surface area contributed by atoms with Crippen molar-refractivity contribution in [3.05, 3.63) is 29.8 Å².